The second-order valence-corrected chi connectivity index (χ2v) is 5.20. The molecule has 0 aliphatic rings. The molecule has 80 valence electrons. The SMILES string of the molecule is Nc1cccc2[nH]c(-c3sccc3Br)nc12. The summed E-state index contributed by atoms with van der Waals surface area (Å²) in [6.07, 6.45) is 0. The Hall–Kier alpha value is -1.33. The topological polar surface area (TPSA) is 54.7 Å². The summed E-state index contributed by atoms with van der Waals surface area (Å²) in [6.45, 7) is 0. The molecule has 2 heterocycles. The largest absolute Gasteiger partial charge is 0.397 e. The maximum Gasteiger partial charge on any atom is 0.149 e. The third kappa shape index (κ3) is 1.44. The third-order valence-corrected chi connectivity index (χ3v) is 4.22. The molecule has 0 fully saturated rings. The van der Waals surface area contributed by atoms with Crippen molar-refractivity contribution in [1.82, 2.24) is 9.97 Å². The van der Waals surface area contributed by atoms with E-state index in [4.69, 9.17) is 5.73 Å². The van der Waals surface area contributed by atoms with Crippen molar-refractivity contribution >= 4 is 44.0 Å². The first-order valence-electron chi connectivity index (χ1n) is 4.73. The van der Waals surface area contributed by atoms with Gasteiger partial charge in [-0.2, -0.15) is 0 Å². The Bertz CT molecular complexity index is 656. The zero-order valence-corrected chi connectivity index (χ0v) is 10.6. The number of aromatic nitrogens is 2. The van der Waals surface area contributed by atoms with Crippen molar-refractivity contribution in [3.63, 3.8) is 0 Å². The molecular weight excluding hydrogens is 286 g/mol. The van der Waals surface area contributed by atoms with E-state index in [9.17, 15) is 0 Å². The molecule has 16 heavy (non-hydrogen) atoms. The highest BCUT2D eigenvalue weighted by molar-refractivity contribution is 9.10. The second-order valence-electron chi connectivity index (χ2n) is 3.43. The highest BCUT2D eigenvalue weighted by Gasteiger charge is 2.10. The summed E-state index contributed by atoms with van der Waals surface area (Å²) in [5.74, 6) is 0.856. The average molecular weight is 294 g/mol. The Labute approximate surface area is 104 Å². The van der Waals surface area contributed by atoms with Crippen molar-refractivity contribution in [2.45, 2.75) is 0 Å². The first kappa shape index (κ1) is 9.86. The molecule has 0 saturated carbocycles. The molecule has 0 atom stereocenters. The van der Waals surface area contributed by atoms with Crippen molar-refractivity contribution in [3.8, 4) is 10.7 Å². The third-order valence-electron chi connectivity index (χ3n) is 2.38. The summed E-state index contributed by atoms with van der Waals surface area (Å²) < 4.78 is 1.05. The summed E-state index contributed by atoms with van der Waals surface area (Å²) in [7, 11) is 0. The van der Waals surface area contributed by atoms with Crippen LogP contribution >= 0.6 is 27.3 Å². The fourth-order valence-electron chi connectivity index (χ4n) is 1.62. The van der Waals surface area contributed by atoms with E-state index in [-0.39, 0.29) is 0 Å². The summed E-state index contributed by atoms with van der Waals surface area (Å²) in [5.41, 5.74) is 8.37. The molecular formula is C11H8BrN3S. The lowest BCUT2D eigenvalue weighted by molar-refractivity contribution is 1.35. The number of fused-ring (bicyclic) bond motifs is 1. The number of halogens is 1. The number of benzene rings is 1. The van der Waals surface area contributed by atoms with Crippen molar-refractivity contribution in [3.05, 3.63) is 34.1 Å². The highest BCUT2D eigenvalue weighted by Crippen LogP contribution is 2.33. The fraction of sp³-hybridized carbons (Fsp3) is 0. The van der Waals surface area contributed by atoms with Crippen LogP contribution < -0.4 is 5.73 Å². The molecule has 0 aliphatic carbocycles. The predicted octanol–water partition coefficient (Wildman–Crippen LogP) is 3.64. The van der Waals surface area contributed by atoms with Gasteiger partial charge in [0.1, 0.15) is 11.3 Å². The Morgan fingerprint density at radius 3 is 2.88 bits per heavy atom. The highest BCUT2D eigenvalue weighted by atomic mass is 79.9. The fourth-order valence-corrected chi connectivity index (χ4v) is 3.13. The first-order valence-corrected chi connectivity index (χ1v) is 6.40. The Balaban J connectivity index is 2.27. The van der Waals surface area contributed by atoms with Gasteiger partial charge in [0.25, 0.3) is 0 Å². The molecule has 0 aliphatic heterocycles. The summed E-state index contributed by atoms with van der Waals surface area (Å²) >= 11 is 5.14. The Morgan fingerprint density at radius 1 is 1.31 bits per heavy atom. The van der Waals surface area contributed by atoms with Crippen LogP contribution in [0.4, 0.5) is 5.69 Å². The number of hydrogen-bond acceptors (Lipinski definition) is 3. The molecule has 0 unspecified atom stereocenters. The number of H-pyrrole nitrogens is 1. The van der Waals surface area contributed by atoms with Gasteiger partial charge in [-0.05, 0) is 39.5 Å². The summed E-state index contributed by atoms with van der Waals surface area (Å²) in [6, 6.07) is 7.76. The average Bonchev–Trinajstić information content (AvgIpc) is 2.84. The number of thiophene rings is 1. The van der Waals surface area contributed by atoms with Crippen LogP contribution in [0.25, 0.3) is 21.7 Å². The van der Waals surface area contributed by atoms with Crippen LogP contribution in [0.15, 0.2) is 34.1 Å². The summed E-state index contributed by atoms with van der Waals surface area (Å²) in [5, 5.41) is 2.02. The summed E-state index contributed by atoms with van der Waals surface area (Å²) in [4.78, 5) is 8.88. The number of nitrogen functional groups attached to an aromatic ring is 1. The molecule has 0 saturated heterocycles. The van der Waals surface area contributed by atoms with Crippen LogP contribution in [-0.4, -0.2) is 9.97 Å². The van der Waals surface area contributed by atoms with Crippen LogP contribution in [0, 0.1) is 0 Å². The van der Waals surface area contributed by atoms with Crippen LogP contribution in [0.3, 0.4) is 0 Å². The molecule has 3 N–H and O–H groups in total. The number of nitrogens with zero attached hydrogens (tertiary/aromatic N) is 1. The molecule has 3 nitrogen and oxygen atoms in total. The maximum absolute atomic E-state index is 5.87. The van der Waals surface area contributed by atoms with E-state index in [2.05, 4.69) is 25.9 Å². The molecule has 5 heteroatoms. The van der Waals surface area contributed by atoms with Gasteiger partial charge < -0.3 is 10.7 Å². The number of imidazole rings is 1. The van der Waals surface area contributed by atoms with E-state index in [1.54, 1.807) is 11.3 Å². The van der Waals surface area contributed by atoms with Crippen LogP contribution in [0.5, 0.6) is 0 Å². The zero-order valence-electron chi connectivity index (χ0n) is 8.20. The molecule has 0 amide bonds. The maximum atomic E-state index is 5.87. The number of hydrogen-bond donors (Lipinski definition) is 2. The van der Waals surface area contributed by atoms with Crippen LogP contribution in [0.1, 0.15) is 0 Å². The quantitative estimate of drug-likeness (QED) is 0.673. The number of nitrogens with one attached hydrogen (secondary N) is 1. The standard InChI is InChI=1S/C11H8BrN3S/c12-6-4-5-16-10(6)11-14-8-3-1-2-7(13)9(8)15-11/h1-5H,13H2,(H,14,15). The molecule has 0 bridgehead atoms. The molecule has 0 radical (unpaired) electrons. The number of aromatic amines is 1. The van der Waals surface area contributed by atoms with Gasteiger partial charge in [-0.1, -0.05) is 6.07 Å². The molecule has 1 aromatic carbocycles. The van der Waals surface area contributed by atoms with E-state index < -0.39 is 0 Å². The smallest absolute Gasteiger partial charge is 0.149 e. The van der Waals surface area contributed by atoms with Gasteiger partial charge in [0, 0.05) is 4.47 Å². The van der Waals surface area contributed by atoms with Crippen LogP contribution in [-0.2, 0) is 0 Å². The molecule has 2 aromatic heterocycles. The van der Waals surface area contributed by atoms with Gasteiger partial charge in [0.15, 0.2) is 0 Å². The van der Waals surface area contributed by atoms with Gasteiger partial charge >= 0.3 is 0 Å². The Kier molecular flexibility index (Phi) is 2.22. The number of nitrogens with two attached hydrogens (primary N) is 1. The minimum Gasteiger partial charge on any atom is -0.397 e. The number of rotatable bonds is 1. The predicted molar refractivity (Wildman–Crippen MR) is 71.5 cm³/mol. The first-order chi connectivity index (χ1) is 7.75. The minimum absolute atomic E-state index is 0.702. The van der Waals surface area contributed by atoms with Gasteiger partial charge in [-0.3, -0.25) is 0 Å². The minimum atomic E-state index is 0.702. The van der Waals surface area contributed by atoms with E-state index >= 15 is 0 Å². The zero-order chi connectivity index (χ0) is 11.1. The van der Waals surface area contributed by atoms with Gasteiger partial charge in [0.05, 0.1) is 16.1 Å². The van der Waals surface area contributed by atoms with Gasteiger partial charge in [0.2, 0.25) is 0 Å². The van der Waals surface area contributed by atoms with Crippen molar-refractivity contribution in [2.75, 3.05) is 5.73 Å². The van der Waals surface area contributed by atoms with Gasteiger partial charge in [-0.15, -0.1) is 11.3 Å². The van der Waals surface area contributed by atoms with Gasteiger partial charge in [-0.25, -0.2) is 4.98 Å². The van der Waals surface area contributed by atoms with Crippen molar-refractivity contribution in [2.24, 2.45) is 0 Å². The lowest BCUT2D eigenvalue weighted by Crippen LogP contribution is -1.84. The van der Waals surface area contributed by atoms with Crippen LogP contribution in [0.2, 0.25) is 0 Å². The lowest BCUT2D eigenvalue weighted by Gasteiger charge is -1.91. The molecule has 3 rings (SSSR count). The monoisotopic (exact) mass is 293 g/mol. The van der Waals surface area contributed by atoms with E-state index in [0.717, 1.165) is 26.2 Å². The van der Waals surface area contributed by atoms with Crippen molar-refractivity contribution in [1.29, 1.82) is 0 Å². The van der Waals surface area contributed by atoms with E-state index in [1.807, 2.05) is 29.6 Å². The molecule has 0 spiro atoms. The Morgan fingerprint density at radius 2 is 2.19 bits per heavy atom. The normalized spacial score (nSPS) is 11.1. The number of para-hydroxylation sites is 1. The second kappa shape index (κ2) is 3.61. The number of anilines is 1. The lowest BCUT2D eigenvalue weighted by atomic mass is 10.3. The van der Waals surface area contributed by atoms with E-state index in [1.165, 1.54) is 0 Å². The van der Waals surface area contributed by atoms with E-state index in [0.29, 0.717) is 5.69 Å². The van der Waals surface area contributed by atoms with Crippen molar-refractivity contribution < 1.29 is 0 Å². The molecule has 3 aromatic rings.